The van der Waals surface area contributed by atoms with E-state index in [-0.39, 0.29) is 22.9 Å². The van der Waals surface area contributed by atoms with E-state index in [2.05, 4.69) is 0 Å². The third-order valence-electron chi connectivity index (χ3n) is 1.96. The molecule has 1 unspecified atom stereocenters. The normalized spacial score (nSPS) is 13.2. The molecule has 0 fully saturated rings. The van der Waals surface area contributed by atoms with Gasteiger partial charge in [0.05, 0.1) is 5.92 Å². The van der Waals surface area contributed by atoms with Crippen LogP contribution in [-0.2, 0) is 0 Å². The van der Waals surface area contributed by atoms with Crippen LogP contribution in [0.25, 0.3) is 0 Å². The van der Waals surface area contributed by atoms with Crippen molar-refractivity contribution in [2.75, 3.05) is 6.54 Å². The first-order valence-corrected chi connectivity index (χ1v) is 4.41. The van der Waals surface area contributed by atoms with E-state index in [4.69, 9.17) is 17.3 Å². The molecule has 5 heteroatoms. The number of halogens is 3. The Morgan fingerprint density at radius 3 is 2.50 bits per heavy atom. The molecule has 1 aromatic rings. The largest absolute Gasteiger partial charge is 0.508 e. The Bertz CT molecular complexity index is 299. The van der Waals surface area contributed by atoms with Crippen LogP contribution in [0.3, 0.4) is 0 Å². The van der Waals surface area contributed by atoms with E-state index in [1.807, 2.05) is 0 Å². The Balaban J connectivity index is 3.15. The summed E-state index contributed by atoms with van der Waals surface area (Å²) in [4.78, 5) is 0. The molecular formula is C9H10ClF2NO. The number of nitrogens with two attached hydrogens (primary N) is 1. The highest BCUT2D eigenvalue weighted by molar-refractivity contribution is 6.31. The molecule has 0 heterocycles. The summed E-state index contributed by atoms with van der Waals surface area (Å²) in [5.41, 5.74) is 5.21. The van der Waals surface area contributed by atoms with Crippen LogP contribution in [-0.4, -0.2) is 18.1 Å². The lowest BCUT2D eigenvalue weighted by Gasteiger charge is -2.16. The molecule has 1 rings (SSSR count). The van der Waals surface area contributed by atoms with Crippen LogP contribution in [0.15, 0.2) is 18.2 Å². The Kier molecular flexibility index (Phi) is 3.66. The number of aromatic hydroxyl groups is 1. The molecule has 0 bridgehead atoms. The SMILES string of the molecule is NCC(c1c(O)cccc1Cl)C(F)F. The summed E-state index contributed by atoms with van der Waals surface area (Å²) in [6.07, 6.45) is -2.63. The smallest absolute Gasteiger partial charge is 0.246 e. The van der Waals surface area contributed by atoms with E-state index < -0.39 is 12.3 Å². The minimum absolute atomic E-state index is 0.0201. The molecule has 0 spiro atoms. The molecule has 1 atom stereocenters. The number of benzene rings is 1. The lowest BCUT2D eigenvalue weighted by atomic mass is 9.99. The van der Waals surface area contributed by atoms with Crippen molar-refractivity contribution in [1.82, 2.24) is 0 Å². The van der Waals surface area contributed by atoms with Gasteiger partial charge in [-0.15, -0.1) is 0 Å². The van der Waals surface area contributed by atoms with Gasteiger partial charge in [-0.1, -0.05) is 17.7 Å². The predicted octanol–water partition coefficient (Wildman–Crippen LogP) is 2.35. The summed E-state index contributed by atoms with van der Waals surface area (Å²) in [5.74, 6) is -1.46. The summed E-state index contributed by atoms with van der Waals surface area (Å²) in [6.45, 7) is -0.255. The number of phenols is 1. The zero-order valence-corrected chi connectivity index (χ0v) is 8.01. The van der Waals surface area contributed by atoms with Crippen molar-refractivity contribution in [3.8, 4) is 5.75 Å². The molecular weight excluding hydrogens is 212 g/mol. The maximum Gasteiger partial charge on any atom is 0.246 e. The van der Waals surface area contributed by atoms with E-state index in [0.29, 0.717) is 0 Å². The highest BCUT2D eigenvalue weighted by atomic mass is 35.5. The molecule has 0 saturated carbocycles. The summed E-state index contributed by atoms with van der Waals surface area (Å²) in [5, 5.41) is 9.48. The fourth-order valence-electron chi connectivity index (χ4n) is 1.24. The van der Waals surface area contributed by atoms with Gasteiger partial charge in [0, 0.05) is 17.1 Å². The summed E-state index contributed by atoms with van der Waals surface area (Å²) >= 11 is 5.70. The maximum absolute atomic E-state index is 12.5. The van der Waals surface area contributed by atoms with Crippen molar-refractivity contribution in [3.05, 3.63) is 28.8 Å². The molecule has 78 valence electrons. The number of alkyl halides is 2. The number of hydrogen-bond donors (Lipinski definition) is 2. The summed E-state index contributed by atoms with van der Waals surface area (Å²) in [6, 6.07) is 4.24. The van der Waals surface area contributed by atoms with Gasteiger partial charge in [-0.25, -0.2) is 8.78 Å². The maximum atomic E-state index is 12.5. The van der Waals surface area contributed by atoms with Gasteiger partial charge in [0.1, 0.15) is 5.75 Å². The molecule has 1 aromatic carbocycles. The van der Waals surface area contributed by atoms with Gasteiger partial charge in [0.15, 0.2) is 0 Å². The third kappa shape index (κ3) is 2.13. The van der Waals surface area contributed by atoms with E-state index in [9.17, 15) is 13.9 Å². The Labute approximate surface area is 85.3 Å². The van der Waals surface area contributed by atoms with Crippen molar-refractivity contribution >= 4 is 11.6 Å². The lowest BCUT2D eigenvalue weighted by Crippen LogP contribution is -2.20. The molecule has 0 amide bonds. The van der Waals surface area contributed by atoms with Gasteiger partial charge in [-0.05, 0) is 12.1 Å². The molecule has 0 saturated heterocycles. The highest BCUT2D eigenvalue weighted by Crippen LogP contribution is 2.35. The van der Waals surface area contributed by atoms with Crippen molar-refractivity contribution < 1.29 is 13.9 Å². The van der Waals surface area contributed by atoms with Crippen LogP contribution >= 0.6 is 11.6 Å². The van der Waals surface area contributed by atoms with E-state index in [1.54, 1.807) is 0 Å². The lowest BCUT2D eigenvalue weighted by molar-refractivity contribution is 0.116. The third-order valence-corrected chi connectivity index (χ3v) is 2.29. The van der Waals surface area contributed by atoms with Crippen LogP contribution in [0.4, 0.5) is 8.78 Å². The predicted molar refractivity (Wildman–Crippen MR) is 50.9 cm³/mol. The van der Waals surface area contributed by atoms with E-state index in [1.165, 1.54) is 18.2 Å². The second-order valence-corrected chi connectivity index (χ2v) is 3.26. The second kappa shape index (κ2) is 4.57. The van der Waals surface area contributed by atoms with Gasteiger partial charge < -0.3 is 10.8 Å². The number of phenolic OH excluding ortho intramolecular Hbond substituents is 1. The Morgan fingerprint density at radius 1 is 1.43 bits per heavy atom. The molecule has 14 heavy (non-hydrogen) atoms. The summed E-state index contributed by atoms with van der Waals surface area (Å²) in [7, 11) is 0. The first-order chi connectivity index (χ1) is 6.57. The molecule has 0 radical (unpaired) electrons. The van der Waals surface area contributed by atoms with Crippen LogP contribution in [0.5, 0.6) is 5.75 Å². The Morgan fingerprint density at radius 2 is 2.07 bits per heavy atom. The van der Waals surface area contributed by atoms with Gasteiger partial charge in [-0.3, -0.25) is 0 Å². The number of rotatable bonds is 3. The van der Waals surface area contributed by atoms with Crippen LogP contribution in [0, 0.1) is 0 Å². The van der Waals surface area contributed by atoms with Crippen molar-refractivity contribution in [2.45, 2.75) is 12.3 Å². The van der Waals surface area contributed by atoms with Crippen molar-refractivity contribution in [3.63, 3.8) is 0 Å². The minimum atomic E-state index is -2.63. The molecule has 2 nitrogen and oxygen atoms in total. The molecule has 0 aromatic heterocycles. The van der Waals surface area contributed by atoms with Crippen molar-refractivity contribution in [1.29, 1.82) is 0 Å². The van der Waals surface area contributed by atoms with Gasteiger partial charge in [0.25, 0.3) is 0 Å². The van der Waals surface area contributed by atoms with Gasteiger partial charge in [-0.2, -0.15) is 0 Å². The van der Waals surface area contributed by atoms with Gasteiger partial charge >= 0.3 is 0 Å². The second-order valence-electron chi connectivity index (χ2n) is 2.85. The van der Waals surface area contributed by atoms with Crippen molar-refractivity contribution in [2.24, 2.45) is 5.73 Å². The van der Waals surface area contributed by atoms with Crippen LogP contribution in [0.2, 0.25) is 5.02 Å². The summed E-state index contributed by atoms with van der Waals surface area (Å²) < 4.78 is 25.0. The van der Waals surface area contributed by atoms with Gasteiger partial charge in [0.2, 0.25) is 6.43 Å². The van der Waals surface area contributed by atoms with E-state index >= 15 is 0 Å². The minimum Gasteiger partial charge on any atom is -0.508 e. The molecule has 3 N–H and O–H groups in total. The first-order valence-electron chi connectivity index (χ1n) is 4.03. The van der Waals surface area contributed by atoms with E-state index in [0.717, 1.165) is 0 Å². The highest BCUT2D eigenvalue weighted by Gasteiger charge is 2.25. The van der Waals surface area contributed by atoms with Crippen LogP contribution in [0.1, 0.15) is 11.5 Å². The standard InChI is InChI=1S/C9H10ClF2NO/c10-6-2-1-3-7(14)8(6)5(4-13)9(11)12/h1-3,5,9,14H,4,13H2. The fraction of sp³-hybridized carbons (Fsp3) is 0.333. The number of hydrogen-bond acceptors (Lipinski definition) is 2. The average molecular weight is 222 g/mol. The zero-order chi connectivity index (χ0) is 10.7. The quantitative estimate of drug-likeness (QED) is 0.823. The monoisotopic (exact) mass is 221 g/mol. The molecule has 0 aliphatic rings. The fourth-order valence-corrected chi connectivity index (χ4v) is 1.55. The van der Waals surface area contributed by atoms with Crippen LogP contribution < -0.4 is 5.73 Å². The first kappa shape index (κ1) is 11.2. The Hall–Kier alpha value is -0.870. The molecule has 0 aliphatic heterocycles. The molecule has 0 aliphatic carbocycles. The topological polar surface area (TPSA) is 46.2 Å². The average Bonchev–Trinajstić information content (AvgIpc) is 2.10. The zero-order valence-electron chi connectivity index (χ0n) is 7.25.